The van der Waals surface area contributed by atoms with Crippen molar-refractivity contribution in [2.24, 2.45) is 0 Å². The molecule has 1 N–H and O–H groups in total. The normalized spacial score (nSPS) is 18.1. The summed E-state index contributed by atoms with van der Waals surface area (Å²) in [5.74, 6) is -0.562. The SMILES string of the molecule is COC(=O)c1cccc2c1NC(=O)C(C)N2C(C)C. The number of carbonyl (C=O) groups is 2. The fourth-order valence-electron chi connectivity index (χ4n) is 2.45. The Hall–Kier alpha value is -2.04. The molecule has 1 aliphatic heterocycles. The lowest BCUT2D eigenvalue weighted by atomic mass is 10.0. The van der Waals surface area contributed by atoms with Crippen LogP contribution in [0.5, 0.6) is 0 Å². The second-order valence-electron chi connectivity index (χ2n) is 4.86. The van der Waals surface area contributed by atoms with Gasteiger partial charge in [-0.25, -0.2) is 4.79 Å². The van der Waals surface area contributed by atoms with Gasteiger partial charge in [0.05, 0.1) is 24.0 Å². The minimum absolute atomic E-state index is 0.113. The third-order valence-corrected chi connectivity index (χ3v) is 3.33. The Balaban J connectivity index is 2.59. The largest absolute Gasteiger partial charge is 0.465 e. The van der Waals surface area contributed by atoms with Crippen LogP contribution in [0.15, 0.2) is 18.2 Å². The van der Waals surface area contributed by atoms with Crippen molar-refractivity contribution in [1.29, 1.82) is 0 Å². The molecule has 1 aromatic carbocycles. The summed E-state index contributed by atoms with van der Waals surface area (Å²) in [5.41, 5.74) is 1.77. The third-order valence-electron chi connectivity index (χ3n) is 3.33. The summed E-state index contributed by atoms with van der Waals surface area (Å²) in [6.45, 7) is 5.89. The number of para-hydroxylation sites is 1. The van der Waals surface area contributed by atoms with Gasteiger partial charge in [-0.2, -0.15) is 0 Å². The summed E-state index contributed by atoms with van der Waals surface area (Å²) >= 11 is 0. The summed E-state index contributed by atoms with van der Waals surface area (Å²) in [6, 6.07) is 5.25. The van der Waals surface area contributed by atoms with Gasteiger partial charge < -0.3 is 15.0 Å². The molecule has 1 aliphatic rings. The van der Waals surface area contributed by atoms with Gasteiger partial charge in [-0.05, 0) is 32.9 Å². The van der Waals surface area contributed by atoms with Crippen molar-refractivity contribution in [3.05, 3.63) is 23.8 Å². The smallest absolute Gasteiger partial charge is 0.340 e. The highest BCUT2D eigenvalue weighted by molar-refractivity contribution is 6.10. The zero-order valence-electron chi connectivity index (χ0n) is 11.6. The van der Waals surface area contributed by atoms with Crippen molar-refractivity contribution >= 4 is 23.3 Å². The Morgan fingerprint density at radius 1 is 1.42 bits per heavy atom. The lowest BCUT2D eigenvalue weighted by molar-refractivity contribution is -0.117. The molecule has 1 atom stereocenters. The van der Waals surface area contributed by atoms with Crippen LogP contribution in [0.1, 0.15) is 31.1 Å². The van der Waals surface area contributed by atoms with Gasteiger partial charge >= 0.3 is 5.97 Å². The number of hydrogen-bond acceptors (Lipinski definition) is 4. The lowest BCUT2D eigenvalue weighted by Crippen LogP contribution is -2.49. The number of ether oxygens (including phenoxy) is 1. The van der Waals surface area contributed by atoms with E-state index >= 15 is 0 Å². The molecule has 19 heavy (non-hydrogen) atoms. The second-order valence-corrected chi connectivity index (χ2v) is 4.86. The maximum atomic E-state index is 12.0. The zero-order valence-corrected chi connectivity index (χ0v) is 11.6. The van der Waals surface area contributed by atoms with Crippen molar-refractivity contribution in [2.45, 2.75) is 32.9 Å². The first kappa shape index (κ1) is 13.4. The molecule has 102 valence electrons. The average Bonchev–Trinajstić information content (AvgIpc) is 2.38. The zero-order chi connectivity index (χ0) is 14.2. The van der Waals surface area contributed by atoms with Crippen molar-refractivity contribution in [1.82, 2.24) is 0 Å². The first-order valence-corrected chi connectivity index (χ1v) is 6.28. The highest BCUT2D eigenvalue weighted by Crippen LogP contribution is 2.36. The number of methoxy groups -OCH3 is 1. The molecule has 0 radical (unpaired) electrons. The molecule has 1 heterocycles. The van der Waals surface area contributed by atoms with Gasteiger partial charge in [0.15, 0.2) is 0 Å². The maximum absolute atomic E-state index is 12.0. The van der Waals surface area contributed by atoms with E-state index in [1.807, 2.05) is 31.7 Å². The van der Waals surface area contributed by atoms with Crippen LogP contribution in [-0.4, -0.2) is 31.1 Å². The Morgan fingerprint density at radius 2 is 2.11 bits per heavy atom. The summed E-state index contributed by atoms with van der Waals surface area (Å²) in [6.07, 6.45) is 0. The first-order chi connectivity index (χ1) is 8.97. The van der Waals surface area contributed by atoms with E-state index in [1.54, 1.807) is 12.1 Å². The molecule has 0 spiro atoms. The number of nitrogens with one attached hydrogen (secondary N) is 1. The number of anilines is 2. The quantitative estimate of drug-likeness (QED) is 0.828. The topological polar surface area (TPSA) is 58.6 Å². The lowest BCUT2D eigenvalue weighted by Gasteiger charge is -2.39. The van der Waals surface area contributed by atoms with E-state index in [2.05, 4.69) is 5.32 Å². The van der Waals surface area contributed by atoms with Crippen LogP contribution in [0.25, 0.3) is 0 Å². The maximum Gasteiger partial charge on any atom is 0.340 e. The number of esters is 1. The summed E-state index contributed by atoms with van der Waals surface area (Å²) in [7, 11) is 1.33. The Morgan fingerprint density at radius 3 is 2.68 bits per heavy atom. The molecule has 1 unspecified atom stereocenters. The molecule has 5 nitrogen and oxygen atoms in total. The van der Waals surface area contributed by atoms with Crippen LogP contribution in [0.4, 0.5) is 11.4 Å². The Bertz CT molecular complexity index is 525. The molecule has 0 fully saturated rings. The highest BCUT2D eigenvalue weighted by Gasteiger charge is 2.33. The fraction of sp³-hybridized carbons (Fsp3) is 0.429. The molecular formula is C14H18N2O3. The summed E-state index contributed by atoms with van der Waals surface area (Å²) < 4.78 is 4.75. The molecule has 0 bridgehead atoms. The molecule has 0 aliphatic carbocycles. The van der Waals surface area contributed by atoms with E-state index in [4.69, 9.17) is 4.74 Å². The van der Waals surface area contributed by atoms with E-state index in [0.717, 1.165) is 5.69 Å². The monoisotopic (exact) mass is 262 g/mol. The van der Waals surface area contributed by atoms with Gasteiger partial charge in [-0.1, -0.05) is 6.07 Å². The number of benzene rings is 1. The van der Waals surface area contributed by atoms with Crippen LogP contribution in [0.3, 0.4) is 0 Å². The number of hydrogen-bond donors (Lipinski definition) is 1. The van der Waals surface area contributed by atoms with Crippen LogP contribution in [-0.2, 0) is 9.53 Å². The summed E-state index contributed by atoms with van der Waals surface area (Å²) in [5, 5.41) is 2.80. The van der Waals surface area contributed by atoms with Gasteiger partial charge in [0.1, 0.15) is 6.04 Å². The van der Waals surface area contributed by atoms with Gasteiger partial charge in [-0.3, -0.25) is 4.79 Å². The standard InChI is InChI=1S/C14H18N2O3/c1-8(2)16-9(3)13(17)15-12-10(14(18)19-4)6-5-7-11(12)16/h5-9H,1-4H3,(H,15,17). The van der Waals surface area contributed by atoms with Crippen LogP contribution in [0.2, 0.25) is 0 Å². The molecule has 1 aromatic rings. The third kappa shape index (κ3) is 2.16. The van der Waals surface area contributed by atoms with E-state index in [1.165, 1.54) is 7.11 Å². The molecule has 0 saturated carbocycles. The fourth-order valence-corrected chi connectivity index (χ4v) is 2.45. The van der Waals surface area contributed by atoms with Gasteiger partial charge in [0.25, 0.3) is 0 Å². The van der Waals surface area contributed by atoms with E-state index in [0.29, 0.717) is 11.3 Å². The minimum Gasteiger partial charge on any atom is -0.465 e. The summed E-state index contributed by atoms with van der Waals surface area (Å²) in [4.78, 5) is 25.8. The molecule has 0 saturated heterocycles. The number of fused-ring (bicyclic) bond motifs is 1. The van der Waals surface area contributed by atoms with E-state index in [9.17, 15) is 9.59 Å². The molecular weight excluding hydrogens is 244 g/mol. The van der Waals surface area contributed by atoms with E-state index in [-0.39, 0.29) is 18.0 Å². The first-order valence-electron chi connectivity index (χ1n) is 6.28. The predicted octanol–water partition coefficient (Wildman–Crippen LogP) is 2.03. The predicted molar refractivity (Wildman–Crippen MR) is 73.5 cm³/mol. The molecule has 1 amide bonds. The van der Waals surface area contributed by atoms with Crippen LogP contribution in [0, 0.1) is 0 Å². The van der Waals surface area contributed by atoms with Crippen LogP contribution < -0.4 is 10.2 Å². The Labute approximate surface area is 112 Å². The Kier molecular flexibility index (Phi) is 3.46. The van der Waals surface area contributed by atoms with Crippen molar-refractivity contribution < 1.29 is 14.3 Å². The van der Waals surface area contributed by atoms with Crippen molar-refractivity contribution in [2.75, 3.05) is 17.3 Å². The van der Waals surface area contributed by atoms with Crippen molar-refractivity contribution in [3.63, 3.8) is 0 Å². The molecule has 0 aromatic heterocycles. The number of nitrogens with zero attached hydrogens (tertiary/aromatic N) is 1. The van der Waals surface area contributed by atoms with Gasteiger partial charge in [0.2, 0.25) is 5.91 Å². The number of rotatable bonds is 2. The highest BCUT2D eigenvalue weighted by atomic mass is 16.5. The molecule has 2 rings (SSSR count). The van der Waals surface area contributed by atoms with Gasteiger partial charge in [-0.15, -0.1) is 0 Å². The minimum atomic E-state index is -0.449. The number of amides is 1. The second kappa shape index (κ2) is 4.91. The molecule has 5 heteroatoms. The number of carbonyl (C=O) groups excluding carboxylic acids is 2. The van der Waals surface area contributed by atoms with Crippen LogP contribution >= 0.6 is 0 Å². The van der Waals surface area contributed by atoms with E-state index < -0.39 is 5.97 Å². The van der Waals surface area contributed by atoms with Gasteiger partial charge in [0, 0.05) is 6.04 Å². The average molecular weight is 262 g/mol. The van der Waals surface area contributed by atoms with Crippen molar-refractivity contribution in [3.8, 4) is 0 Å².